The molecule has 1 aromatic carbocycles. The summed E-state index contributed by atoms with van der Waals surface area (Å²) >= 11 is 0. The lowest BCUT2D eigenvalue weighted by atomic mass is 9.93. The second-order valence-corrected chi connectivity index (χ2v) is 5.07. The number of Topliss-reactive ketones (excluding diaryl/α,β-unsaturated/α-hetero) is 1. The number of rotatable bonds is 3. The fourth-order valence-electron chi connectivity index (χ4n) is 2.59. The molecule has 0 radical (unpaired) electrons. The highest BCUT2D eigenvalue weighted by molar-refractivity contribution is 5.98. The van der Waals surface area contributed by atoms with Gasteiger partial charge in [0.05, 0.1) is 0 Å². The van der Waals surface area contributed by atoms with Crippen molar-refractivity contribution in [3.63, 3.8) is 0 Å². The Morgan fingerprint density at radius 3 is 2.74 bits per heavy atom. The molecular formula is C16H18O3. The molecule has 1 aliphatic carbocycles. The van der Waals surface area contributed by atoms with Crippen molar-refractivity contribution in [1.29, 1.82) is 0 Å². The van der Waals surface area contributed by atoms with Gasteiger partial charge in [-0.25, -0.2) is 0 Å². The van der Waals surface area contributed by atoms with E-state index < -0.39 is 0 Å². The number of allylic oxidation sites excluding steroid dienone is 2. The number of fused-ring (bicyclic) bond motifs is 1. The largest absolute Gasteiger partial charge is 0.486 e. The summed E-state index contributed by atoms with van der Waals surface area (Å²) in [7, 11) is 0. The maximum atomic E-state index is 12.3. The van der Waals surface area contributed by atoms with Crippen molar-refractivity contribution in [2.45, 2.75) is 32.1 Å². The second kappa shape index (κ2) is 5.47. The standard InChI is InChI=1S/C16H18O3/c17-14(10-12-4-2-1-3-5-12)13-6-7-15-16(11-13)19-9-8-18-15/h4,6-7,11H,1-3,5,8-10H2. The molecular weight excluding hydrogens is 240 g/mol. The third-order valence-electron chi connectivity index (χ3n) is 3.64. The lowest BCUT2D eigenvalue weighted by Crippen LogP contribution is -2.15. The molecule has 1 aromatic rings. The summed E-state index contributed by atoms with van der Waals surface area (Å²) in [6.07, 6.45) is 7.40. The SMILES string of the molecule is O=C(CC1=CCCCC1)c1ccc2c(c1)OCCO2. The van der Waals surface area contributed by atoms with Gasteiger partial charge in [-0.1, -0.05) is 11.6 Å². The number of benzene rings is 1. The summed E-state index contributed by atoms with van der Waals surface area (Å²) in [5.41, 5.74) is 2.00. The molecule has 19 heavy (non-hydrogen) atoms. The first-order valence-electron chi connectivity index (χ1n) is 6.94. The third kappa shape index (κ3) is 2.80. The van der Waals surface area contributed by atoms with Gasteiger partial charge < -0.3 is 9.47 Å². The Labute approximate surface area is 113 Å². The van der Waals surface area contributed by atoms with Crippen LogP contribution in [0.15, 0.2) is 29.8 Å². The molecule has 100 valence electrons. The minimum absolute atomic E-state index is 0.171. The molecule has 3 heteroatoms. The van der Waals surface area contributed by atoms with Crippen LogP contribution in [0.1, 0.15) is 42.5 Å². The van der Waals surface area contributed by atoms with E-state index in [0.717, 1.165) is 24.2 Å². The third-order valence-corrected chi connectivity index (χ3v) is 3.64. The fraction of sp³-hybridized carbons (Fsp3) is 0.438. The highest BCUT2D eigenvalue weighted by Crippen LogP contribution is 2.31. The Morgan fingerprint density at radius 2 is 1.95 bits per heavy atom. The van der Waals surface area contributed by atoms with Crippen LogP contribution in [-0.2, 0) is 0 Å². The van der Waals surface area contributed by atoms with E-state index in [1.807, 2.05) is 12.1 Å². The van der Waals surface area contributed by atoms with Gasteiger partial charge >= 0.3 is 0 Å². The van der Waals surface area contributed by atoms with Crippen molar-refractivity contribution >= 4 is 5.78 Å². The van der Waals surface area contributed by atoms with Crippen LogP contribution in [0.3, 0.4) is 0 Å². The average molecular weight is 258 g/mol. The molecule has 1 aliphatic heterocycles. The van der Waals surface area contributed by atoms with Crippen LogP contribution in [0, 0.1) is 0 Å². The molecule has 3 rings (SSSR count). The summed E-state index contributed by atoms with van der Waals surface area (Å²) < 4.78 is 11.0. The van der Waals surface area contributed by atoms with Gasteiger partial charge in [-0.2, -0.15) is 0 Å². The van der Waals surface area contributed by atoms with Gasteiger partial charge in [0, 0.05) is 12.0 Å². The van der Waals surface area contributed by atoms with Crippen molar-refractivity contribution in [2.75, 3.05) is 13.2 Å². The Morgan fingerprint density at radius 1 is 1.11 bits per heavy atom. The van der Waals surface area contributed by atoms with E-state index in [1.54, 1.807) is 6.07 Å². The minimum Gasteiger partial charge on any atom is -0.486 e. The molecule has 0 saturated carbocycles. The number of carbonyl (C=O) groups excluding carboxylic acids is 1. The van der Waals surface area contributed by atoms with Gasteiger partial charge in [0.2, 0.25) is 0 Å². The lowest BCUT2D eigenvalue weighted by molar-refractivity contribution is 0.0990. The molecule has 0 amide bonds. The molecule has 3 nitrogen and oxygen atoms in total. The maximum absolute atomic E-state index is 12.3. The van der Waals surface area contributed by atoms with Crippen LogP contribution in [0.5, 0.6) is 11.5 Å². The van der Waals surface area contributed by atoms with Gasteiger partial charge in [0.15, 0.2) is 17.3 Å². The van der Waals surface area contributed by atoms with E-state index in [4.69, 9.17) is 9.47 Å². The Kier molecular flexibility index (Phi) is 3.53. The molecule has 0 fully saturated rings. The van der Waals surface area contributed by atoms with Crippen molar-refractivity contribution in [3.8, 4) is 11.5 Å². The van der Waals surface area contributed by atoms with Gasteiger partial charge in [-0.3, -0.25) is 4.79 Å². The number of hydrogen-bond acceptors (Lipinski definition) is 3. The van der Waals surface area contributed by atoms with Crippen molar-refractivity contribution in [1.82, 2.24) is 0 Å². The zero-order valence-corrected chi connectivity index (χ0v) is 11.0. The summed E-state index contributed by atoms with van der Waals surface area (Å²) in [5, 5.41) is 0. The first-order chi connectivity index (χ1) is 9.33. The molecule has 0 atom stereocenters. The first kappa shape index (κ1) is 12.3. The molecule has 1 heterocycles. The quantitative estimate of drug-likeness (QED) is 0.614. The molecule has 2 aliphatic rings. The predicted octanol–water partition coefficient (Wildman–Crippen LogP) is 3.53. The summed E-state index contributed by atoms with van der Waals surface area (Å²) in [5.74, 6) is 1.60. The topological polar surface area (TPSA) is 35.5 Å². The maximum Gasteiger partial charge on any atom is 0.167 e. The van der Waals surface area contributed by atoms with Crippen LogP contribution in [-0.4, -0.2) is 19.0 Å². The van der Waals surface area contributed by atoms with Crippen molar-refractivity contribution in [3.05, 3.63) is 35.4 Å². The fourth-order valence-corrected chi connectivity index (χ4v) is 2.59. The molecule has 0 unspecified atom stereocenters. The number of ketones is 1. The molecule has 0 bridgehead atoms. The van der Waals surface area contributed by atoms with Crippen LogP contribution in [0.2, 0.25) is 0 Å². The van der Waals surface area contributed by atoms with Crippen LogP contribution in [0.4, 0.5) is 0 Å². The van der Waals surface area contributed by atoms with E-state index in [1.165, 1.54) is 18.4 Å². The molecule has 0 aromatic heterocycles. The summed E-state index contributed by atoms with van der Waals surface area (Å²) in [6.45, 7) is 1.13. The van der Waals surface area contributed by atoms with Gasteiger partial charge in [-0.05, 0) is 43.9 Å². The Balaban J connectivity index is 1.74. The highest BCUT2D eigenvalue weighted by atomic mass is 16.6. The van der Waals surface area contributed by atoms with Crippen LogP contribution >= 0.6 is 0 Å². The predicted molar refractivity (Wildman–Crippen MR) is 72.9 cm³/mol. The monoisotopic (exact) mass is 258 g/mol. The zero-order chi connectivity index (χ0) is 13.1. The summed E-state index contributed by atoms with van der Waals surface area (Å²) in [6, 6.07) is 5.47. The van der Waals surface area contributed by atoms with E-state index in [0.29, 0.717) is 25.4 Å². The van der Waals surface area contributed by atoms with E-state index in [9.17, 15) is 4.79 Å². The number of carbonyl (C=O) groups is 1. The van der Waals surface area contributed by atoms with Gasteiger partial charge in [0.1, 0.15) is 13.2 Å². The average Bonchev–Trinajstić information content (AvgIpc) is 2.48. The van der Waals surface area contributed by atoms with Crippen LogP contribution in [0.25, 0.3) is 0 Å². The first-order valence-corrected chi connectivity index (χ1v) is 6.94. The lowest BCUT2D eigenvalue weighted by Gasteiger charge is -2.19. The highest BCUT2D eigenvalue weighted by Gasteiger charge is 2.16. The summed E-state index contributed by atoms with van der Waals surface area (Å²) in [4.78, 5) is 12.3. The Hall–Kier alpha value is -1.77. The minimum atomic E-state index is 0.171. The number of hydrogen-bond donors (Lipinski definition) is 0. The number of ether oxygens (including phenoxy) is 2. The normalized spacial score (nSPS) is 17.8. The van der Waals surface area contributed by atoms with Crippen LogP contribution < -0.4 is 9.47 Å². The van der Waals surface area contributed by atoms with Crippen molar-refractivity contribution < 1.29 is 14.3 Å². The van der Waals surface area contributed by atoms with E-state index in [-0.39, 0.29) is 5.78 Å². The van der Waals surface area contributed by atoms with E-state index in [2.05, 4.69) is 6.08 Å². The zero-order valence-electron chi connectivity index (χ0n) is 11.0. The second-order valence-electron chi connectivity index (χ2n) is 5.07. The van der Waals surface area contributed by atoms with E-state index >= 15 is 0 Å². The molecule has 0 N–H and O–H groups in total. The molecule has 0 spiro atoms. The Bertz CT molecular complexity index is 517. The van der Waals surface area contributed by atoms with Gasteiger partial charge in [-0.15, -0.1) is 0 Å². The van der Waals surface area contributed by atoms with Crippen molar-refractivity contribution in [2.24, 2.45) is 0 Å². The van der Waals surface area contributed by atoms with Gasteiger partial charge in [0.25, 0.3) is 0 Å². The smallest absolute Gasteiger partial charge is 0.167 e. The molecule has 0 saturated heterocycles.